The summed E-state index contributed by atoms with van der Waals surface area (Å²) in [6.07, 6.45) is 0.589. The molecule has 6 heteroatoms. The normalized spacial score (nSPS) is 14.3. The average Bonchev–Trinajstić information content (AvgIpc) is 2.22. The van der Waals surface area contributed by atoms with Crippen LogP contribution >= 0.6 is 0 Å². The zero-order valence-electron chi connectivity index (χ0n) is 8.36. The van der Waals surface area contributed by atoms with Crippen molar-refractivity contribution in [1.29, 1.82) is 0 Å². The first-order chi connectivity index (χ1) is 6.52. The molecule has 0 saturated carbocycles. The molecule has 0 amide bonds. The lowest BCUT2D eigenvalue weighted by Gasteiger charge is -2.12. The van der Waals surface area contributed by atoms with Crippen LogP contribution in [-0.2, 0) is 19.1 Å². The Morgan fingerprint density at radius 1 is 1.00 bits per heavy atom. The van der Waals surface area contributed by atoms with E-state index in [4.69, 9.17) is 11.5 Å². The maximum absolute atomic E-state index is 10.9. The largest absolute Gasteiger partial charge is 0.468 e. The molecule has 0 bridgehead atoms. The second-order valence-corrected chi connectivity index (χ2v) is 2.84. The van der Waals surface area contributed by atoms with Crippen LogP contribution in [0.25, 0.3) is 0 Å². The van der Waals surface area contributed by atoms with Gasteiger partial charge in [0.2, 0.25) is 0 Å². The lowest BCUT2D eigenvalue weighted by atomic mass is 10.1. The monoisotopic (exact) mass is 204 g/mol. The molecule has 0 unspecified atom stereocenters. The van der Waals surface area contributed by atoms with Crippen molar-refractivity contribution in [3.05, 3.63) is 0 Å². The standard InChI is InChI=1S/C8H16N2O4/c1-13-7(11)5(9)3-4-6(10)8(12)14-2/h5-6H,3-4,9-10H2,1-2H3/t5-,6-/m0/s1. The van der Waals surface area contributed by atoms with Gasteiger partial charge in [-0.2, -0.15) is 0 Å². The van der Waals surface area contributed by atoms with E-state index < -0.39 is 24.0 Å². The number of carbonyl (C=O) groups excluding carboxylic acids is 2. The van der Waals surface area contributed by atoms with Crippen LogP contribution in [0, 0.1) is 0 Å². The fourth-order valence-corrected chi connectivity index (χ4v) is 0.898. The second kappa shape index (κ2) is 6.33. The minimum absolute atomic E-state index is 0.295. The van der Waals surface area contributed by atoms with Gasteiger partial charge in [0, 0.05) is 0 Å². The molecule has 0 radical (unpaired) electrons. The van der Waals surface area contributed by atoms with E-state index in [0.29, 0.717) is 12.8 Å². The summed E-state index contributed by atoms with van der Waals surface area (Å²) in [6.45, 7) is 0. The van der Waals surface area contributed by atoms with Gasteiger partial charge in [0.15, 0.2) is 0 Å². The van der Waals surface area contributed by atoms with Crippen LogP contribution in [0.5, 0.6) is 0 Å². The van der Waals surface area contributed by atoms with E-state index in [1.54, 1.807) is 0 Å². The molecule has 82 valence electrons. The van der Waals surface area contributed by atoms with Gasteiger partial charge in [-0.05, 0) is 12.8 Å². The molecule has 0 aliphatic heterocycles. The maximum Gasteiger partial charge on any atom is 0.322 e. The molecular weight excluding hydrogens is 188 g/mol. The van der Waals surface area contributed by atoms with E-state index in [2.05, 4.69) is 9.47 Å². The number of ether oxygens (including phenoxy) is 2. The Balaban J connectivity index is 3.82. The van der Waals surface area contributed by atoms with Crippen LogP contribution in [0.3, 0.4) is 0 Å². The van der Waals surface area contributed by atoms with Crippen molar-refractivity contribution >= 4 is 11.9 Å². The first kappa shape index (κ1) is 12.9. The number of rotatable bonds is 5. The minimum Gasteiger partial charge on any atom is -0.468 e. The topological polar surface area (TPSA) is 105 Å². The number of carbonyl (C=O) groups is 2. The molecule has 2 atom stereocenters. The second-order valence-electron chi connectivity index (χ2n) is 2.84. The maximum atomic E-state index is 10.9. The van der Waals surface area contributed by atoms with Gasteiger partial charge < -0.3 is 20.9 Å². The first-order valence-electron chi connectivity index (χ1n) is 4.19. The van der Waals surface area contributed by atoms with Gasteiger partial charge in [-0.1, -0.05) is 0 Å². The van der Waals surface area contributed by atoms with Crippen LogP contribution in [0.1, 0.15) is 12.8 Å². The van der Waals surface area contributed by atoms with Crippen LogP contribution in [0.2, 0.25) is 0 Å². The van der Waals surface area contributed by atoms with Gasteiger partial charge in [-0.3, -0.25) is 9.59 Å². The van der Waals surface area contributed by atoms with Crippen LogP contribution in [0.4, 0.5) is 0 Å². The number of hydrogen-bond acceptors (Lipinski definition) is 6. The fraction of sp³-hybridized carbons (Fsp3) is 0.750. The first-order valence-corrected chi connectivity index (χ1v) is 4.19. The zero-order valence-corrected chi connectivity index (χ0v) is 8.36. The number of esters is 2. The van der Waals surface area contributed by atoms with Crippen molar-refractivity contribution in [2.24, 2.45) is 11.5 Å². The van der Waals surface area contributed by atoms with Gasteiger partial charge in [0.05, 0.1) is 14.2 Å². The van der Waals surface area contributed by atoms with E-state index in [0.717, 1.165) is 0 Å². The predicted molar refractivity (Wildman–Crippen MR) is 49.2 cm³/mol. The summed E-state index contributed by atoms with van der Waals surface area (Å²) in [5.41, 5.74) is 10.9. The van der Waals surface area contributed by atoms with Crippen molar-refractivity contribution in [2.75, 3.05) is 14.2 Å². The van der Waals surface area contributed by atoms with Crippen LogP contribution < -0.4 is 11.5 Å². The third-order valence-corrected chi connectivity index (χ3v) is 1.80. The fourth-order valence-electron chi connectivity index (χ4n) is 0.898. The Hall–Kier alpha value is -1.14. The predicted octanol–water partition coefficient (Wildman–Crippen LogP) is -1.23. The SMILES string of the molecule is COC(=O)[C@@H](N)CC[C@H](N)C(=O)OC. The van der Waals surface area contributed by atoms with Crippen LogP contribution in [-0.4, -0.2) is 38.2 Å². The van der Waals surface area contributed by atoms with Gasteiger partial charge in [0.25, 0.3) is 0 Å². The van der Waals surface area contributed by atoms with Crippen molar-refractivity contribution in [2.45, 2.75) is 24.9 Å². The molecule has 0 aliphatic carbocycles. The van der Waals surface area contributed by atoms with E-state index in [9.17, 15) is 9.59 Å². The molecule has 14 heavy (non-hydrogen) atoms. The van der Waals surface area contributed by atoms with Gasteiger partial charge >= 0.3 is 11.9 Å². The molecule has 0 aromatic rings. The molecule has 4 N–H and O–H groups in total. The van der Waals surface area contributed by atoms with E-state index in [1.807, 2.05) is 0 Å². The summed E-state index contributed by atoms with van der Waals surface area (Å²) in [7, 11) is 2.50. The summed E-state index contributed by atoms with van der Waals surface area (Å²) in [6, 6.07) is -1.48. The minimum atomic E-state index is -0.740. The van der Waals surface area contributed by atoms with Gasteiger partial charge in [-0.15, -0.1) is 0 Å². The third-order valence-electron chi connectivity index (χ3n) is 1.80. The Morgan fingerprint density at radius 2 is 1.29 bits per heavy atom. The lowest BCUT2D eigenvalue weighted by molar-refractivity contribution is -0.144. The summed E-state index contributed by atoms with van der Waals surface area (Å²) < 4.78 is 8.82. The smallest absolute Gasteiger partial charge is 0.322 e. The molecule has 6 nitrogen and oxygen atoms in total. The van der Waals surface area contributed by atoms with Crippen molar-refractivity contribution in [1.82, 2.24) is 0 Å². The Labute approximate surface area is 82.5 Å². The van der Waals surface area contributed by atoms with Crippen LogP contribution in [0.15, 0.2) is 0 Å². The third kappa shape index (κ3) is 4.20. The van der Waals surface area contributed by atoms with Gasteiger partial charge in [0.1, 0.15) is 12.1 Å². The molecule has 0 rings (SSSR count). The molecule has 0 aromatic carbocycles. The average molecular weight is 204 g/mol. The molecule has 0 saturated heterocycles. The molecular formula is C8H16N2O4. The Bertz CT molecular complexity index is 186. The highest BCUT2D eigenvalue weighted by Crippen LogP contribution is 2.01. The molecule has 0 spiro atoms. The lowest BCUT2D eigenvalue weighted by Crippen LogP contribution is -2.37. The summed E-state index contributed by atoms with van der Waals surface area (Å²) in [5.74, 6) is -1.02. The Morgan fingerprint density at radius 3 is 1.50 bits per heavy atom. The quantitative estimate of drug-likeness (QED) is 0.543. The molecule has 0 aromatic heterocycles. The van der Waals surface area contributed by atoms with Crippen molar-refractivity contribution in [3.63, 3.8) is 0 Å². The summed E-state index contributed by atoms with van der Waals surface area (Å²) >= 11 is 0. The summed E-state index contributed by atoms with van der Waals surface area (Å²) in [5, 5.41) is 0. The Kier molecular flexibility index (Phi) is 5.82. The van der Waals surface area contributed by atoms with E-state index in [1.165, 1.54) is 14.2 Å². The molecule has 0 heterocycles. The van der Waals surface area contributed by atoms with Gasteiger partial charge in [-0.25, -0.2) is 0 Å². The number of nitrogens with two attached hydrogens (primary N) is 2. The highest BCUT2D eigenvalue weighted by molar-refractivity contribution is 5.76. The molecule has 0 aliphatic rings. The highest BCUT2D eigenvalue weighted by Gasteiger charge is 2.19. The number of methoxy groups -OCH3 is 2. The summed E-state index contributed by atoms with van der Waals surface area (Å²) in [4.78, 5) is 21.7. The van der Waals surface area contributed by atoms with Crippen molar-refractivity contribution < 1.29 is 19.1 Å². The zero-order chi connectivity index (χ0) is 11.1. The number of hydrogen-bond donors (Lipinski definition) is 2. The highest BCUT2D eigenvalue weighted by atomic mass is 16.5. The van der Waals surface area contributed by atoms with Crippen molar-refractivity contribution in [3.8, 4) is 0 Å². The molecule has 0 fully saturated rings. The van der Waals surface area contributed by atoms with E-state index in [-0.39, 0.29) is 0 Å². The van der Waals surface area contributed by atoms with E-state index >= 15 is 0 Å².